The first-order valence-electron chi connectivity index (χ1n) is 6.62. The van der Waals surface area contributed by atoms with Gasteiger partial charge in [-0.1, -0.05) is 0 Å². The van der Waals surface area contributed by atoms with Gasteiger partial charge in [0.2, 0.25) is 0 Å². The quantitative estimate of drug-likeness (QED) is 0.709. The van der Waals surface area contributed by atoms with Gasteiger partial charge in [-0.3, -0.25) is 9.69 Å². The minimum Gasteiger partial charge on any atom is -0.468 e. The second-order valence-electron chi connectivity index (χ2n) is 5.14. The standard InChI is InChI=1S/C13H26N2O3/c1-11-10-18-9-8-15(11)7-5-6-13(2,14-3)12(16)17-4/h11,14H,5-10H2,1-4H3. The van der Waals surface area contributed by atoms with E-state index in [-0.39, 0.29) is 5.97 Å². The van der Waals surface area contributed by atoms with Gasteiger partial charge in [0.15, 0.2) is 0 Å². The predicted molar refractivity (Wildman–Crippen MR) is 70.6 cm³/mol. The Bertz CT molecular complexity index is 273. The smallest absolute Gasteiger partial charge is 0.325 e. The molecule has 0 aromatic carbocycles. The molecule has 0 aromatic heterocycles. The molecule has 1 fully saturated rings. The Hall–Kier alpha value is -0.650. The van der Waals surface area contributed by atoms with Crippen molar-refractivity contribution in [2.45, 2.75) is 38.3 Å². The number of rotatable bonds is 6. The lowest BCUT2D eigenvalue weighted by atomic mass is 9.96. The number of morpholine rings is 1. The maximum absolute atomic E-state index is 11.7. The topological polar surface area (TPSA) is 50.8 Å². The van der Waals surface area contributed by atoms with Crippen LogP contribution in [0.15, 0.2) is 0 Å². The fourth-order valence-corrected chi connectivity index (χ4v) is 2.28. The molecule has 0 aromatic rings. The summed E-state index contributed by atoms with van der Waals surface area (Å²) in [5, 5.41) is 3.06. The van der Waals surface area contributed by atoms with E-state index < -0.39 is 5.54 Å². The predicted octanol–water partition coefficient (Wildman–Crippen LogP) is 0.638. The van der Waals surface area contributed by atoms with Crippen molar-refractivity contribution in [1.82, 2.24) is 10.2 Å². The fraction of sp³-hybridized carbons (Fsp3) is 0.923. The molecule has 5 heteroatoms. The average Bonchev–Trinajstić information content (AvgIpc) is 2.39. The molecule has 5 nitrogen and oxygen atoms in total. The van der Waals surface area contributed by atoms with Crippen molar-refractivity contribution < 1.29 is 14.3 Å². The normalized spacial score (nSPS) is 24.6. The average molecular weight is 258 g/mol. The molecule has 1 saturated heterocycles. The molecular weight excluding hydrogens is 232 g/mol. The summed E-state index contributed by atoms with van der Waals surface area (Å²) < 4.78 is 10.2. The van der Waals surface area contributed by atoms with Crippen LogP contribution in [0.5, 0.6) is 0 Å². The lowest BCUT2D eigenvalue weighted by molar-refractivity contribution is -0.148. The van der Waals surface area contributed by atoms with Crippen LogP contribution in [0.25, 0.3) is 0 Å². The zero-order valence-electron chi connectivity index (χ0n) is 12.0. The van der Waals surface area contributed by atoms with Gasteiger partial charge in [-0.2, -0.15) is 0 Å². The first kappa shape index (κ1) is 15.4. The van der Waals surface area contributed by atoms with E-state index in [0.29, 0.717) is 6.04 Å². The minimum atomic E-state index is -0.579. The van der Waals surface area contributed by atoms with E-state index >= 15 is 0 Å². The van der Waals surface area contributed by atoms with Gasteiger partial charge in [0.1, 0.15) is 5.54 Å². The Morgan fingerprint density at radius 1 is 1.61 bits per heavy atom. The highest BCUT2D eigenvalue weighted by molar-refractivity contribution is 5.80. The number of carbonyl (C=O) groups is 1. The van der Waals surface area contributed by atoms with Gasteiger partial charge in [-0.15, -0.1) is 0 Å². The van der Waals surface area contributed by atoms with Crippen LogP contribution < -0.4 is 5.32 Å². The number of methoxy groups -OCH3 is 1. The van der Waals surface area contributed by atoms with Crippen LogP contribution in [0, 0.1) is 0 Å². The van der Waals surface area contributed by atoms with Gasteiger partial charge in [0.25, 0.3) is 0 Å². The molecule has 0 saturated carbocycles. The Kier molecular flexibility index (Phi) is 6.05. The summed E-state index contributed by atoms with van der Waals surface area (Å²) in [5.41, 5.74) is -0.579. The number of esters is 1. The SMILES string of the molecule is CNC(C)(CCCN1CCOCC1C)C(=O)OC. The monoisotopic (exact) mass is 258 g/mol. The molecule has 0 aliphatic carbocycles. The molecule has 0 spiro atoms. The van der Waals surface area contributed by atoms with Crippen molar-refractivity contribution in [3.8, 4) is 0 Å². The van der Waals surface area contributed by atoms with E-state index in [1.807, 2.05) is 6.92 Å². The highest BCUT2D eigenvalue weighted by atomic mass is 16.5. The number of hydrogen-bond acceptors (Lipinski definition) is 5. The lowest BCUT2D eigenvalue weighted by Gasteiger charge is -2.34. The van der Waals surface area contributed by atoms with Crippen LogP contribution >= 0.6 is 0 Å². The van der Waals surface area contributed by atoms with E-state index in [4.69, 9.17) is 9.47 Å². The van der Waals surface area contributed by atoms with Crippen molar-refractivity contribution in [3.63, 3.8) is 0 Å². The molecule has 1 N–H and O–H groups in total. The molecule has 0 amide bonds. The van der Waals surface area contributed by atoms with Gasteiger partial charge in [0, 0.05) is 12.6 Å². The number of carbonyl (C=O) groups excluding carboxylic acids is 1. The van der Waals surface area contributed by atoms with E-state index in [2.05, 4.69) is 17.1 Å². The van der Waals surface area contributed by atoms with Gasteiger partial charge < -0.3 is 14.8 Å². The highest BCUT2D eigenvalue weighted by Crippen LogP contribution is 2.15. The van der Waals surface area contributed by atoms with Crippen LogP contribution in [-0.2, 0) is 14.3 Å². The summed E-state index contributed by atoms with van der Waals surface area (Å²) in [6, 6.07) is 0.470. The Morgan fingerprint density at radius 2 is 2.33 bits per heavy atom. The van der Waals surface area contributed by atoms with Gasteiger partial charge in [-0.25, -0.2) is 0 Å². The Morgan fingerprint density at radius 3 is 2.89 bits per heavy atom. The molecule has 1 heterocycles. The van der Waals surface area contributed by atoms with E-state index in [9.17, 15) is 4.79 Å². The zero-order chi connectivity index (χ0) is 13.6. The van der Waals surface area contributed by atoms with Crippen LogP contribution in [0.4, 0.5) is 0 Å². The lowest BCUT2D eigenvalue weighted by Crippen LogP contribution is -2.49. The first-order chi connectivity index (χ1) is 8.53. The van der Waals surface area contributed by atoms with Gasteiger partial charge in [0.05, 0.1) is 20.3 Å². The summed E-state index contributed by atoms with van der Waals surface area (Å²) in [5.74, 6) is -0.194. The van der Waals surface area contributed by atoms with Gasteiger partial charge in [-0.05, 0) is 40.3 Å². The molecule has 1 aliphatic heterocycles. The number of ether oxygens (including phenoxy) is 2. The van der Waals surface area contributed by atoms with E-state index in [0.717, 1.165) is 39.1 Å². The largest absolute Gasteiger partial charge is 0.468 e. The summed E-state index contributed by atoms with van der Waals surface area (Å²) in [7, 11) is 3.23. The zero-order valence-corrected chi connectivity index (χ0v) is 12.0. The highest BCUT2D eigenvalue weighted by Gasteiger charge is 2.32. The second-order valence-corrected chi connectivity index (χ2v) is 5.14. The third-order valence-electron chi connectivity index (χ3n) is 3.82. The van der Waals surface area contributed by atoms with Crippen molar-refractivity contribution >= 4 is 5.97 Å². The van der Waals surface area contributed by atoms with Crippen molar-refractivity contribution in [2.75, 3.05) is 40.5 Å². The molecule has 2 unspecified atom stereocenters. The third kappa shape index (κ3) is 3.93. The fourth-order valence-electron chi connectivity index (χ4n) is 2.28. The molecule has 0 radical (unpaired) electrons. The molecule has 0 bridgehead atoms. The van der Waals surface area contributed by atoms with Crippen LogP contribution in [0.1, 0.15) is 26.7 Å². The summed E-state index contributed by atoms with van der Waals surface area (Å²) >= 11 is 0. The Labute approximate surface area is 110 Å². The minimum absolute atomic E-state index is 0.194. The summed E-state index contributed by atoms with van der Waals surface area (Å²) in [4.78, 5) is 14.1. The number of nitrogens with zero attached hydrogens (tertiary/aromatic N) is 1. The molecule has 1 aliphatic rings. The summed E-state index contributed by atoms with van der Waals surface area (Å²) in [6.45, 7) is 7.66. The molecule has 1 rings (SSSR count). The summed E-state index contributed by atoms with van der Waals surface area (Å²) in [6.07, 6.45) is 1.75. The third-order valence-corrected chi connectivity index (χ3v) is 3.82. The maximum atomic E-state index is 11.7. The number of likely N-dealkylation sites (N-methyl/N-ethyl adjacent to an activating group) is 1. The second kappa shape index (κ2) is 7.07. The molecular formula is C13H26N2O3. The molecule has 2 atom stereocenters. The molecule has 18 heavy (non-hydrogen) atoms. The van der Waals surface area contributed by atoms with Gasteiger partial charge >= 0.3 is 5.97 Å². The Balaban J connectivity index is 2.37. The van der Waals surface area contributed by atoms with Crippen molar-refractivity contribution in [2.24, 2.45) is 0 Å². The number of nitrogens with one attached hydrogen (secondary N) is 1. The van der Waals surface area contributed by atoms with Crippen LogP contribution in [0.3, 0.4) is 0 Å². The van der Waals surface area contributed by atoms with E-state index in [1.54, 1.807) is 7.05 Å². The number of hydrogen-bond donors (Lipinski definition) is 1. The van der Waals surface area contributed by atoms with Crippen molar-refractivity contribution in [3.05, 3.63) is 0 Å². The van der Waals surface area contributed by atoms with Crippen LogP contribution in [0.2, 0.25) is 0 Å². The first-order valence-corrected chi connectivity index (χ1v) is 6.62. The molecule has 106 valence electrons. The van der Waals surface area contributed by atoms with Crippen molar-refractivity contribution in [1.29, 1.82) is 0 Å². The van der Waals surface area contributed by atoms with Crippen LogP contribution in [-0.4, -0.2) is 62.9 Å². The maximum Gasteiger partial charge on any atom is 0.325 e. The van der Waals surface area contributed by atoms with E-state index in [1.165, 1.54) is 7.11 Å².